The number of nitrogens with zero attached hydrogens (tertiary/aromatic N) is 4. The monoisotopic (exact) mass is 432 g/mol. The molecule has 0 saturated carbocycles. The van der Waals surface area contributed by atoms with E-state index in [1.165, 1.54) is 8.61 Å². The number of aromatic nitrogens is 1. The minimum absolute atomic E-state index is 0.0640. The Balaban J connectivity index is 1.40. The fourth-order valence-corrected chi connectivity index (χ4v) is 5.64. The molecule has 2 saturated heterocycles. The van der Waals surface area contributed by atoms with Crippen molar-refractivity contribution in [2.75, 3.05) is 52.5 Å². The molecule has 0 bridgehead atoms. The maximum Gasteiger partial charge on any atom is 0.282 e. The molecule has 8 nitrogen and oxygen atoms in total. The lowest BCUT2D eigenvalue weighted by atomic mass is 10.1. The van der Waals surface area contributed by atoms with Crippen molar-refractivity contribution in [3.63, 3.8) is 0 Å². The van der Waals surface area contributed by atoms with Crippen molar-refractivity contribution >= 4 is 16.1 Å². The highest BCUT2D eigenvalue weighted by atomic mass is 32.2. The summed E-state index contributed by atoms with van der Waals surface area (Å²) in [5.74, 6) is -0.0640. The molecule has 0 radical (unpaired) electrons. The van der Waals surface area contributed by atoms with E-state index < -0.39 is 10.2 Å². The first-order valence-electron chi connectivity index (χ1n) is 10.3. The van der Waals surface area contributed by atoms with Crippen LogP contribution in [-0.2, 0) is 14.9 Å². The van der Waals surface area contributed by atoms with Crippen LogP contribution < -0.4 is 0 Å². The van der Waals surface area contributed by atoms with Gasteiger partial charge in [-0.25, -0.2) is 0 Å². The fourth-order valence-electron chi connectivity index (χ4n) is 4.07. The van der Waals surface area contributed by atoms with Gasteiger partial charge in [0.25, 0.3) is 16.1 Å². The van der Waals surface area contributed by atoms with Crippen molar-refractivity contribution in [3.05, 3.63) is 53.3 Å². The normalized spacial score (nSPS) is 19.2. The summed E-state index contributed by atoms with van der Waals surface area (Å²) in [6.07, 6.45) is 0. The van der Waals surface area contributed by atoms with Gasteiger partial charge in [-0.3, -0.25) is 4.79 Å². The fraction of sp³-hybridized carbons (Fsp3) is 0.476. The summed E-state index contributed by atoms with van der Waals surface area (Å²) in [5.41, 5.74) is 3.92. The topological polar surface area (TPSA) is 75.1 Å². The Hall–Kier alpha value is -2.20. The second-order valence-electron chi connectivity index (χ2n) is 7.71. The molecule has 0 N–H and O–H groups in total. The summed E-state index contributed by atoms with van der Waals surface area (Å²) in [4.78, 5) is 14.6. The van der Waals surface area contributed by atoms with Crippen LogP contribution in [0.5, 0.6) is 0 Å². The Kier molecular flexibility index (Phi) is 5.97. The minimum atomic E-state index is -3.49. The number of carbonyl (C=O) groups is 1. The molecule has 0 aliphatic carbocycles. The largest absolute Gasteiger partial charge is 0.379 e. The molecular formula is C21H28N4O4S. The summed E-state index contributed by atoms with van der Waals surface area (Å²) in [7, 11) is -3.49. The minimum Gasteiger partial charge on any atom is -0.379 e. The Morgan fingerprint density at radius 2 is 1.33 bits per heavy atom. The van der Waals surface area contributed by atoms with Gasteiger partial charge in [-0.2, -0.15) is 17.0 Å². The SMILES string of the molecule is Cc1ccc(C)n1-c1ccc(C(=O)N2CCN(S(=O)(=O)N3CCOCC3)CC2)cc1. The molecule has 0 spiro atoms. The second-order valence-corrected chi connectivity index (χ2v) is 9.64. The van der Waals surface area contributed by atoms with Crippen LogP contribution in [0, 0.1) is 13.8 Å². The van der Waals surface area contributed by atoms with E-state index in [0.717, 1.165) is 17.1 Å². The second kappa shape index (κ2) is 8.50. The van der Waals surface area contributed by atoms with Crippen LogP contribution in [0.2, 0.25) is 0 Å². The predicted molar refractivity (Wildman–Crippen MR) is 114 cm³/mol. The van der Waals surface area contributed by atoms with Gasteiger partial charge in [-0.05, 0) is 50.2 Å². The van der Waals surface area contributed by atoms with Crippen molar-refractivity contribution < 1.29 is 17.9 Å². The van der Waals surface area contributed by atoms with Gasteiger partial charge in [0.1, 0.15) is 0 Å². The summed E-state index contributed by atoms with van der Waals surface area (Å²) in [5, 5.41) is 0. The standard InChI is InChI=1S/C21H28N4O4S/c1-17-3-4-18(2)25(17)20-7-5-19(6-8-20)21(26)22-9-11-23(12-10-22)30(27,28)24-13-15-29-16-14-24/h3-8H,9-16H2,1-2H3. The lowest BCUT2D eigenvalue weighted by molar-refractivity contribution is 0.0636. The first-order valence-corrected chi connectivity index (χ1v) is 11.7. The average molecular weight is 433 g/mol. The van der Waals surface area contributed by atoms with E-state index in [1.54, 1.807) is 4.90 Å². The number of rotatable bonds is 4. The van der Waals surface area contributed by atoms with E-state index >= 15 is 0 Å². The van der Waals surface area contributed by atoms with Gasteiger partial charge in [-0.1, -0.05) is 0 Å². The number of hydrogen-bond donors (Lipinski definition) is 0. The number of amides is 1. The summed E-state index contributed by atoms with van der Waals surface area (Å²) < 4.78 is 35.9. The maximum absolute atomic E-state index is 12.9. The van der Waals surface area contributed by atoms with Crippen molar-refractivity contribution in [3.8, 4) is 5.69 Å². The lowest BCUT2D eigenvalue weighted by Crippen LogP contribution is -2.55. The Labute approximate surface area is 177 Å². The van der Waals surface area contributed by atoms with Gasteiger partial charge in [-0.15, -0.1) is 0 Å². The third-order valence-electron chi connectivity index (χ3n) is 5.79. The molecule has 30 heavy (non-hydrogen) atoms. The molecule has 2 aliphatic heterocycles. The van der Waals surface area contributed by atoms with Crippen molar-refractivity contribution in [1.82, 2.24) is 18.1 Å². The molecule has 2 fully saturated rings. The van der Waals surface area contributed by atoms with E-state index in [0.29, 0.717) is 58.0 Å². The third-order valence-corrected chi connectivity index (χ3v) is 7.83. The molecule has 2 aromatic rings. The van der Waals surface area contributed by atoms with Crippen molar-refractivity contribution in [2.45, 2.75) is 13.8 Å². The van der Waals surface area contributed by atoms with E-state index in [2.05, 4.69) is 30.5 Å². The lowest BCUT2D eigenvalue weighted by Gasteiger charge is -2.37. The Morgan fingerprint density at radius 1 is 0.800 bits per heavy atom. The first kappa shape index (κ1) is 21.0. The van der Waals surface area contributed by atoms with E-state index in [9.17, 15) is 13.2 Å². The highest BCUT2D eigenvalue weighted by Gasteiger charge is 2.34. The summed E-state index contributed by atoms with van der Waals surface area (Å²) in [6, 6.07) is 11.7. The van der Waals surface area contributed by atoms with Crippen LogP contribution in [0.25, 0.3) is 5.69 Å². The van der Waals surface area contributed by atoms with Crippen LogP contribution in [0.15, 0.2) is 36.4 Å². The van der Waals surface area contributed by atoms with Gasteiger partial charge in [0.05, 0.1) is 13.2 Å². The number of piperazine rings is 1. The zero-order chi connectivity index (χ0) is 21.3. The van der Waals surface area contributed by atoms with E-state index in [4.69, 9.17) is 4.74 Å². The number of carbonyl (C=O) groups excluding carboxylic acids is 1. The molecule has 4 rings (SSSR count). The quantitative estimate of drug-likeness (QED) is 0.733. The van der Waals surface area contributed by atoms with Gasteiger partial charge in [0.15, 0.2) is 0 Å². The number of aryl methyl sites for hydroxylation is 2. The highest BCUT2D eigenvalue weighted by Crippen LogP contribution is 2.19. The molecule has 1 aromatic heterocycles. The molecule has 3 heterocycles. The Morgan fingerprint density at radius 3 is 1.90 bits per heavy atom. The first-order chi connectivity index (χ1) is 14.4. The van der Waals surface area contributed by atoms with Crippen molar-refractivity contribution in [1.29, 1.82) is 0 Å². The summed E-state index contributed by atoms with van der Waals surface area (Å²) in [6.45, 7) is 7.12. The molecular weight excluding hydrogens is 404 g/mol. The van der Waals surface area contributed by atoms with Crippen molar-refractivity contribution in [2.24, 2.45) is 0 Å². The smallest absolute Gasteiger partial charge is 0.282 e. The van der Waals surface area contributed by atoms with Crippen LogP contribution in [0.1, 0.15) is 21.7 Å². The van der Waals surface area contributed by atoms with Gasteiger partial charge in [0.2, 0.25) is 0 Å². The van der Waals surface area contributed by atoms with E-state index in [-0.39, 0.29) is 5.91 Å². The number of benzene rings is 1. The third kappa shape index (κ3) is 4.02. The van der Waals surface area contributed by atoms with Gasteiger partial charge in [0, 0.05) is 61.9 Å². The van der Waals surface area contributed by atoms with Crippen LogP contribution in [0.4, 0.5) is 0 Å². The molecule has 162 valence electrons. The van der Waals surface area contributed by atoms with E-state index in [1.807, 2.05) is 24.3 Å². The van der Waals surface area contributed by atoms with Gasteiger partial charge < -0.3 is 14.2 Å². The molecule has 1 amide bonds. The molecule has 0 unspecified atom stereocenters. The predicted octanol–water partition coefficient (Wildman–Crippen LogP) is 1.43. The van der Waals surface area contributed by atoms with Gasteiger partial charge >= 0.3 is 0 Å². The molecule has 0 atom stereocenters. The highest BCUT2D eigenvalue weighted by molar-refractivity contribution is 7.86. The van der Waals surface area contributed by atoms with Crippen LogP contribution in [-0.4, -0.2) is 84.9 Å². The molecule has 1 aromatic carbocycles. The summed E-state index contributed by atoms with van der Waals surface area (Å²) >= 11 is 0. The maximum atomic E-state index is 12.9. The number of morpholine rings is 1. The molecule has 9 heteroatoms. The average Bonchev–Trinajstić information content (AvgIpc) is 3.12. The Bertz CT molecular complexity index is 983. The number of ether oxygens (including phenoxy) is 1. The van der Waals surface area contributed by atoms with Crippen LogP contribution >= 0.6 is 0 Å². The molecule has 2 aliphatic rings. The van der Waals surface area contributed by atoms with Crippen LogP contribution in [0.3, 0.4) is 0 Å². The zero-order valence-corrected chi connectivity index (χ0v) is 18.3. The number of hydrogen-bond acceptors (Lipinski definition) is 4. The zero-order valence-electron chi connectivity index (χ0n) is 17.5.